The van der Waals surface area contributed by atoms with Crippen molar-refractivity contribution in [2.24, 2.45) is 0 Å². The molecule has 0 spiro atoms. The van der Waals surface area contributed by atoms with E-state index in [-0.39, 0.29) is 12.4 Å². The summed E-state index contributed by atoms with van der Waals surface area (Å²) in [5, 5.41) is 0. The maximum Gasteiger partial charge on any atom is 0.310 e. The van der Waals surface area contributed by atoms with Crippen LogP contribution in [0.5, 0.6) is 0 Å². The minimum absolute atomic E-state index is 0.0586. The van der Waals surface area contributed by atoms with Gasteiger partial charge in [-0.1, -0.05) is 5.57 Å². The molecule has 0 aromatic carbocycles. The van der Waals surface area contributed by atoms with Crippen LogP contribution in [0.1, 0.15) is 41.0 Å². The standard InChI is InChI=1S/C11H18O3/c1-8(2)9(7-12)6-10(13)14-11(3,4)5/h7H,6H2,1-5H3. The fourth-order valence-corrected chi connectivity index (χ4v) is 0.869. The fraction of sp³-hybridized carbons (Fsp3) is 0.636. The van der Waals surface area contributed by atoms with Gasteiger partial charge < -0.3 is 4.74 Å². The Morgan fingerprint density at radius 3 is 2.07 bits per heavy atom. The van der Waals surface area contributed by atoms with E-state index in [1.54, 1.807) is 34.6 Å². The lowest BCUT2D eigenvalue weighted by atomic mass is 10.1. The summed E-state index contributed by atoms with van der Waals surface area (Å²) in [7, 11) is 0. The predicted molar refractivity (Wildman–Crippen MR) is 54.9 cm³/mol. The Bertz CT molecular complexity index is 252. The Morgan fingerprint density at radius 2 is 1.79 bits per heavy atom. The van der Waals surface area contributed by atoms with Crippen molar-refractivity contribution < 1.29 is 14.3 Å². The molecule has 14 heavy (non-hydrogen) atoms. The third-order valence-corrected chi connectivity index (χ3v) is 1.54. The maximum absolute atomic E-state index is 11.3. The number of rotatable bonds is 3. The van der Waals surface area contributed by atoms with Crippen molar-refractivity contribution in [2.75, 3.05) is 0 Å². The second kappa shape index (κ2) is 4.94. The van der Waals surface area contributed by atoms with E-state index in [1.807, 2.05) is 0 Å². The van der Waals surface area contributed by atoms with Gasteiger partial charge in [0.2, 0.25) is 0 Å². The van der Waals surface area contributed by atoms with Crippen molar-refractivity contribution in [2.45, 2.75) is 46.6 Å². The molecule has 0 rings (SSSR count). The van der Waals surface area contributed by atoms with E-state index in [2.05, 4.69) is 0 Å². The molecule has 3 nitrogen and oxygen atoms in total. The van der Waals surface area contributed by atoms with Gasteiger partial charge in [0.15, 0.2) is 0 Å². The highest BCUT2D eigenvalue weighted by atomic mass is 16.6. The quantitative estimate of drug-likeness (QED) is 0.397. The van der Waals surface area contributed by atoms with Gasteiger partial charge in [0.1, 0.15) is 11.9 Å². The average Bonchev–Trinajstić information content (AvgIpc) is 1.96. The summed E-state index contributed by atoms with van der Waals surface area (Å²) in [6, 6.07) is 0. The lowest BCUT2D eigenvalue weighted by Crippen LogP contribution is -2.24. The summed E-state index contributed by atoms with van der Waals surface area (Å²) >= 11 is 0. The van der Waals surface area contributed by atoms with E-state index < -0.39 is 5.60 Å². The molecule has 0 radical (unpaired) electrons. The Morgan fingerprint density at radius 1 is 1.29 bits per heavy atom. The number of esters is 1. The number of carbonyl (C=O) groups is 2. The van der Waals surface area contributed by atoms with Crippen LogP contribution in [0.15, 0.2) is 11.1 Å². The van der Waals surface area contributed by atoms with Gasteiger partial charge in [-0.25, -0.2) is 0 Å². The highest BCUT2D eigenvalue weighted by Crippen LogP contribution is 2.12. The van der Waals surface area contributed by atoms with Gasteiger partial charge in [-0.05, 0) is 34.6 Å². The van der Waals surface area contributed by atoms with Gasteiger partial charge in [0, 0.05) is 5.57 Å². The molecule has 0 atom stereocenters. The van der Waals surface area contributed by atoms with E-state index in [1.165, 1.54) is 0 Å². The van der Waals surface area contributed by atoms with Gasteiger partial charge >= 0.3 is 5.97 Å². The molecule has 0 fully saturated rings. The summed E-state index contributed by atoms with van der Waals surface area (Å²) < 4.78 is 5.09. The monoisotopic (exact) mass is 198 g/mol. The largest absolute Gasteiger partial charge is 0.460 e. The first-order valence-electron chi connectivity index (χ1n) is 4.59. The molecular formula is C11H18O3. The second-order valence-corrected chi connectivity index (χ2v) is 4.41. The molecule has 0 bridgehead atoms. The van der Waals surface area contributed by atoms with Gasteiger partial charge in [-0.2, -0.15) is 0 Å². The van der Waals surface area contributed by atoms with Crippen LogP contribution in [-0.4, -0.2) is 17.9 Å². The lowest BCUT2D eigenvalue weighted by Gasteiger charge is -2.19. The molecule has 0 aliphatic rings. The van der Waals surface area contributed by atoms with Gasteiger partial charge in [-0.15, -0.1) is 0 Å². The maximum atomic E-state index is 11.3. The molecule has 80 valence electrons. The number of ether oxygens (including phenoxy) is 1. The normalized spacial score (nSPS) is 10.6. The number of hydrogen-bond acceptors (Lipinski definition) is 3. The van der Waals surface area contributed by atoms with E-state index >= 15 is 0 Å². The van der Waals surface area contributed by atoms with Crippen LogP contribution >= 0.6 is 0 Å². The van der Waals surface area contributed by atoms with Crippen molar-refractivity contribution >= 4 is 12.3 Å². The summed E-state index contributed by atoms with van der Waals surface area (Å²) in [5.41, 5.74) is 0.859. The van der Waals surface area contributed by atoms with E-state index in [9.17, 15) is 9.59 Å². The molecule has 0 amide bonds. The predicted octanol–water partition coefficient (Wildman–Crippen LogP) is 2.25. The number of carbonyl (C=O) groups excluding carboxylic acids is 2. The van der Waals surface area contributed by atoms with Crippen LogP contribution in [0.4, 0.5) is 0 Å². The van der Waals surface area contributed by atoms with Crippen LogP contribution in [0.2, 0.25) is 0 Å². The van der Waals surface area contributed by atoms with Crippen molar-refractivity contribution in [1.82, 2.24) is 0 Å². The third kappa shape index (κ3) is 5.51. The van der Waals surface area contributed by atoms with Crippen molar-refractivity contribution in [3.63, 3.8) is 0 Å². The number of hydrogen-bond donors (Lipinski definition) is 0. The smallest absolute Gasteiger partial charge is 0.310 e. The van der Waals surface area contributed by atoms with Crippen molar-refractivity contribution in [3.05, 3.63) is 11.1 Å². The Balaban J connectivity index is 4.34. The summed E-state index contributed by atoms with van der Waals surface area (Å²) in [5.74, 6) is -0.360. The zero-order chi connectivity index (χ0) is 11.4. The van der Waals surface area contributed by atoms with Crippen LogP contribution in [0.25, 0.3) is 0 Å². The molecule has 0 aliphatic heterocycles. The first kappa shape index (κ1) is 12.9. The molecular weight excluding hydrogens is 180 g/mol. The van der Waals surface area contributed by atoms with Gasteiger partial charge in [0.25, 0.3) is 0 Å². The minimum atomic E-state index is -0.493. The average molecular weight is 198 g/mol. The molecule has 0 aliphatic carbocycles. The Hall–Kier alpha value is -1.12. The fourth-order valence-electron chi connectivity index (χ4n) is 0.869. The van der Waals surface area contributed by atoms with E-state index in [0.717, 1.165) is 5.57 Å². The highest BCUT2D eigenvalue weighted by molar-refractivity contribution is 5.85. The van der Waals surface area contributed by atoms with Gasteiger partial charge in [0.05, 0.1) is 6.42 Å². The van der Waals surface area contributed by atoms with Gasteiger partial charge in [-0.3, -0.25) is 9.59 Å². The van der Waals surface area contributed by atoms with Crippen molar-refractivity contribution in [1.29, 1.82) is 0 Å². The summed E-state index contributed by atoms with van der Waals surface area (Å²) in [6.07, 6.45) is 0.766. The summed E-state index contributed by atoms with van der Waals surface area (Å²) in [6.45, 7) is 9.00. The minimum Gasteiger partial charge on any atom is -0.460 e. The topological polar surface area (TPSA) is 43.4 Å². The van der Waals surface area contributed by atoms with Crippen LogP contribution in [0.3, 0.4) is 0 Å². The summed E-state index contributed by atoms with van der Waals surface area (Å²) in [4.78, 5) is 21.9. The zero-order valence-electron chi connectivity index (χ0n) is 9.51. The van der Waals surface area contributed by atoms with Crippen LogP contribution < -0.4 is 0 Å². The molecule has 0 unspecified atom stereocenters. The number of allylic oxidation sites excluding steroid dienone is 1. The van der Waals surface area contributed by atoms with E-state index in [0.29, 0.717) is 11.9 Å². The third-order valence-electron chi connectivity index (χ3n) is 1.54. The highest BCUT2D eigenvalue weighted by Gasteiger charge is 2.17. The van der Waals surface area contributed by atoms with Crippen molar-refractivity contribution in [3.8, 4) is 0 Å². The van der Waals surface area contributed by atoms with Crippen LogP contribution in [-0.2, 0) is 14.3 Å². The molecule has 0 saturated heterocycles. The number of aldehydes is 1. The molecule has 0 aromatic rings. The Labute approximate surface area is 85.1 Å². The molecule has 0 heterocycles. The van der Waals surface area contributed by atoms with E-state index in [4.69, 9.17) is 4.74 Å². The second-order valence-electron chi connectivity index (χ2n) is 4.41. The SMILES string of the molecule is CC(C)=C(C=O)CC(=O)OC(C)(C)C. The van der Waals surface area contributed by atoms with Crippen LogP contribution in [0, 0.1) is 0 Å². The first-order chi connectivity index (χ1) is 6.26. The molecule has 3 heteroatoms. The molecule has 0 aromatic heterocycles. The Kier molecular flexibility index (Phi) is 4.54. The lowest BCUT2D eigenvalue weighted by molar-refractivity contribution is -0.154. The first-order valence-corrected chi connectivity index (χ1v) is 4.59. The zero-order valence-corrected chi connectivity index (χ0v) is 9.51. The molecule has 0 saturated carbocycles. The molecule has 0 N–H and O–H groups in total.